The first-order valence-electron chi connectivity index (χ1n) is 7.32. The number of alkyl halides is 3. The lowest BCUT2D eigenvalue weighted by molar-refractivity contribution is -0.137. The molecule has 4 heteroatoms. The second-order valence-electron chi connectivity index (χ2n) is 6.46. The van der Waals surface area contributed by atoms with E-state index in [-0.39, 0.29) is 5.41 Å². The second-order valence-corrected chi connectivity index (χ2v) is 6.46. The van der Waals surface area contributed by atoms with E-state index in [0.717, 1.165) is 28.9 Å². The summed E-state index contributed by atoms with van der Waals surface area (Å²) in [5.74, 6) is 0. The quantitative estimate of drug-likeness (QED) is 0.691. The van der Waals surface area contributed by atoms with Crippen LogP contribution in [0.1, 0.15) is 37.5 Å². The summed E-state index contributed by atoms with van der Waals surface area (Å²) in [4.78, 5) is 0. The van der Waals surface area contributed by atoms with Gasteiger partial charge in [-0.1, -0.05) is 51.6 Å². The smallest absolute Gasteiger partial charge is 0.355 e. The van der Waals surface area contributed by atoms with E-state index in [9.17, 15) is 13.2 Å². The summed E-state index contributed by atoms with van der Waals surface area (Å²) in [7, 11) is 0. The molecule has 23 heavy (non-hydrogen) atoms. The maximum Gasteiger partial charge on any atom is 0.416 e. The first kappa shape index (κ1) is 17.1. The van der Waals surface area contributed by atoms with Crippen LogP contribution in [-0.2, 0) is 11.6 Å². The molecule has 0 atom stereocenters. The first-order chi connectivity index (χ1) is 10.6. The van der Waals surface area contributed by atoms with Gasteiger partial charge in [-0.05, 0) is 40.8 Å². The van der Waals surface area contributed by atoms with Crippen LogP contribution in [0.5, 0.6) is 0 Å². The molecule has 1 N–H and O–H groups in total. The highest BCUT2D eigenvalue weighted by atomic mass is 19.4. The Kier molecular flexibility index (Phi) is 4.55. The van der Waals surface area contributed by atoms with Gasteiger partial charge in [-0.25, -0.2) is 0 Å². The van der Waals surface area contributed by atoms with E-state index in [4.69, 9.17) is 0 Å². The summed E-state index contributed by atoms with van der Waals surface area (Å²) in [5.41, 5.74) is 2.33. The van der Waals surface area contributed by atoms with E-state index in [1.165, 1.54) is 6.07 Å². The van der Waals surface area contributed by atoms with Crippen molar-refractivity contribution in [1.29, 1.82) is 0 Å². The monoisotopic (exact) mass is 319 g/mol. The van der Waals surface area contributed by atoms with E-state index in [1.807, 2.05) is 18.2 Å². The second kappa shape index (κ2) is 6.11. The van der Waals surface area contributed by atoms with Crippen LogP contribution in [0, 0.1) is 0 Å². The highest BCUT2D eigenvalue weighted by Gasteiger charge is 2.30. The third kappa shape index (κ3) is 4.15. The fourth-order valence-electron chi connectivity index (χ4n) is 2.38. The van der Waals surface area contributed by atoms with Crippen LogP contribution in [0.3, 0.4) is 0 Å². The molecule has 0 aliphatic heterocycles. The number of hydrogen-bond acceptors (Lipinski definition) is 1. The summed E-state index contributed by atoms with van der Waals surface area (Å²) >= 11 is 0. The SMILES string of the molecule is C=Cc1ccc(C(C)(C)C)c(Nc2cccc(C(F)(F)F)c2)c1. The van der Waals surface area contributed by atoms with E-state index < -0.39 is 11.7 Å². The fraction of sp³-hybridized carbons (Fsp3) is 0.263. The van der Waals surface area contributed by atoms with Crippen molar-refractivity contribution in [3.8, 4) is 0 Å². The summed E-state index contributed by atoms with van der Waals surface area (Å²) in [6.45, 7) is 9.93. The molecule has 2 aromatic carbocycles. The third-order valence-corrected chi connectivity index (χ3v) is 3.56. The van der Waals surface area contributed by atoms with Crippen molar-refractivity contribution in [1.82, 2.24) is 0 Å². The Morgan fingerprint density at radius 2 is 1.70 bits per heavy atom. The topological polar surface area (TPSA) is 12.0 Å². The van der Waals surface area contributed by atoms with Crippen LogP contribution in [0.25, 0.3) is 6.08 Å². The maximum atomic E-state index is 12.9. The molecule has 0 aliphatic carbocycles. The molecule has 0 saturated carbocycles. The average molecular weight is 319 g/mol. The normalized spacial score (nSPS) is 12.1. The van der Waals surface area contributed by atoms with Crippen LogP contribution in [0.15, 0.2) is 49.0 Å². The molecular formula is C19H20F3N. The van der Waals surface area contributed by atoms with Gasteiger partial charge in [0.25, 0.3) is 0 Å². The molecule has 0 fully saturated rings. The van der Waals surface area contributed by atoms with E-state index in [1.54, 1.807) is 12.1 Å². The highest BCUT2D eigenvalue weighted by Crippen LogP contribution is 2.35. The number of anilines is 2. The van der Waals surface area contributed by atoms with Crippen molar-refractivity contribution in [2.24, 2.45) is 0 Å². The first-order valence-corrected chi connectivity index (χ1v) is 7.32. The van der Waals surface area contributed by atoms with Gasteiger partial charge in [0.15, 0.2) is 0 Å². The zero-order valence-electron chi connectivity index (χ0n) is 13.5. The minimum atomic E-state index is -4.35. The minimum Gasteiger partial charge on any atom is -0.355 e. The van der Waals surface area contributed by atoms with E-state index in [0.29, 0.717) is 5.69 Å². The third-order valence-electron chi connectivity index (χ3n) is 3.56. The van der Waals surface area contributed by atoms with Gasteiger partial charge in [0.2, 0.25) is 0 Å². The Bertz CT molecular complexity index is 709. The lowest BCUT2D eigenvalue weighted by Gasteiger charge is -2.24. The molecule has 0 radical (unpaired) electrons. The van der Waals surface area contributed by atoms with Gasteiger partial charge >= 0.3 is 6.18 Å². The van der Waals surface area contributed by atoms with E-state index in [2.05, 4.69) is 32.7 Å². The van der Waals surface area contributed by atoms with Crippen molar-refractivity contribution in [2.45, 2.75) is 32.4 Å². The van der Waals surface area contributed by atoms with Crippen LogP contribution in [0.4, 0.5) is 24.5 Å². The standard InChI is InChI=1S/C19H20F3N/c1-5-13-9-10-16(18(2,3)4)17(11-13)23-15-8-6-7-14(12-15)19(20,21)22/h5-12,23H,1H2,2-4H3. The number of halogens is 3. The van der Waals surface area contributed by atoms with Crippen molar-refractivity contribution in [3.05, 3.63) is 65.7 Å². The van der Waals surface area contributed by atoms with Crippen LogP contribution >= 0.6 is 0 Å². The van der Waals surface area contributed by atoms with E-state index >= 15 is 0 Å². The Hall–Kier alpha value is -2.23. The Morgan fingerprint density at radius 1 is 1.00 bits per heavy atom. The molecule has 2 rings (SSSR count). The Morgan fingerprint density at radius 3 is 2.26 bits per heavy atom. The summed E-state index contributed by atoms with van der Waals surface area (Å²) < 4.78 is 38.6. The lowest BCUT2D eigenvalue weighted by atomic mass is 9.85. The predicted octanol–water partition coefficient (Wildman–Crippen LogP) is 6.39. The maximum absolute atomic E-state index is 12.9. The fourth-order valence-corrected chi connectivity index (χ4v) is 2.38. The van der Waals surface area contributed by atoms with Crippen molar-refractivity contribution in [2.75, 3.05) is 5.32 Å². The minimum absolute atomic E-state index is 0.135. The van der Waals surface area contributed by atoms with Gasteiger partial charge in [0.05, 0.1) is 5.56 Å². The van der Waals surface area contributed by atoms with Crippen molar-refractivity contribution < 1.29 is 13.2 Å². The lowest BCUT2D eigenvalue weighted by Crippen LogP contribution is -2.14. The molecule has 0 unspecified atom stereocenters. The molecule has 2 aromatic rings. The number of rotatable bonds is 3. The summed E-state index contributed by atoms with van der Waals surface area (Å²) in [5, 5.41) is 3.12. The zero-order chi connectivity index (χ0) is 17.3. The molecule has 0 bridgehead atoms. The molecule has 0 heterocycles. The van der Waals surface area contributed by atoms with Gasteiger partial charge in [0.1, 0.15) is 0 Å². The number of nitrogens with one attached hydrogen (secondary N) is 1. The zero-order valence-corrected chi connectivity index (χ0v) is 13.5. The summed E-state index contributed by atoms with van der Waals surface area (Å²) in [6, 6.07) is 11.0. The molecule has 0 saturated heterocycles. The van der Waals surface area contributed by atoms with Crippen LogP contribution < -0.4 is 5.32 Å². The predicted molar refractivity (Wildman–Crippen MR) is 90.0 cm³/mol. The Balaban J connectivity index is 2.45. The average Bonchev–Trinajstić information content (AvgIpc) is 2.45. The Labute approximate surface area is 134 Å². The molecule has 122 valence electrons. The van der Waals surface area contributed by atoms with Crippen LogP contribution in [0.2, 0.25) is 0 Å². The number of benzene rings is 2. The molecule has 1 nitrogen and oxygen atoms in total. The molecule has 0 amide bonds. The van der Waals surface area contributed by atoms with Crippen molar-refractivity contribution in [3.63, 3.8) is 0 Å². The van der Waals surface area contributed by atoms with Crippen molar-refractivity contribution >= 4 is 17.5 Å². The van der Waals surface area contributed by atoms with Gasteiger partial charge in [-0.15, -0.1) is 0 Å². The summed E-state index contributed by atoms with van der Waals surface area (Å²) in [6.07, 6.45) is -2.64. The van der Waals surface area contributed by atoms with Gasteiger partial charge in [-0.3, -0.25) is 0 Å². The van der Waals surface area contributed by atoms with Crippen LogP contribution in [-0.4, -0.2) is 0 Å². The van der Waals surface area contributed by atoms with Gasteiger partial charge in [0, 0.05) is 11.4 Å². The molecule has 0 aromatic heterocycles. The highest BCUT2D eigenvalue weighted by molar-refractivity contribution is 5.69. The largest absolute Gasteiger partial charge is 0.416 e. The molecular weight excluding hydrogens is 299 g/mol. The molecule has 0 spiro atoms. The van der Waals surface area contributed by atoms with Gasteiger partial charge < -0.3 is 5.32 Å². The number of hydrogen-bond donors (Lipinski definition) is 1. The molecule has 0 aliphatic rings. The van der Waals surface area contributed by atoms with Gasteiger partial charge in [-0.2, -0.15) is 13.2 Å².